The van der Waals surface area contributed by atoms with Gasteiger partial charge in [-0.3, -0.25) is 4.79 Å². The Morgan fingerprint density at radius 2 is 2.13 bits per heavy atom. The van der Waals surface area contributed by atoms with Gasteiger partial charge in [0.1, 0.15) is 0 Å². The van der Waals surface area contributed by atoms with Crippen molar-refractivity contribution in [1.29, 1.82) is 0 Å². The smallest absolute Gasteiger partial charge is 0.236 e. The summed E-state index contributed by atoms with van der Waals surface area (Å²) in [5, 5.41) is 5.26. The summed E-state index contributed by atoms with van der Waals surface area (Å²) in [6.07, 6.45) is 0. The number of ether oxygens (including phenoxy) is 2. The Kier molecular flexibility index (Phi) is 6.69. The van der Waals surface area contributed by atoms with Crippen LogP contribution >= 0.6 is 23.1 Å². The van der Waals surface area contributed by atoms with Crippen molar-refractivity contribution >= 4 is 34.1 Å². The van der Waals surface area contributed by atoms with Crippen LogP contribution in [0.15, 0.2) is 23.6 Å². The number of nitrogens with zero attached hydrogens (tertiary/aromatic N) is 1. The van der Waals surface area contributed by atoms with Crippen molar-refractivity contribution in [2.45, 2.75) is 0 Å². The fraction of sp³-hybridized carbons (Fsp3) is 0.333. The molecule has 0 aliphatic rings. The third kappa shape index (κ3) is 4.85. The SMILES string of the molecule is COc1ccc(-c2csc(NC(=O)CSCCN)n2)cc1OC. The lowest BCUT2D eigenvalue weighted by molar-refractivity contribution is -0.113. The number of amides is 1. The van der Waals surface area contributed by atoms with E-state index in [9.17, 15) is 4.79 Å². The fourth-order valence-corrected chi connectivity index (χ4v) is 3.17. The van der Waals surface area contributed by atoms with Gasteiger partial charge in [-0.1, -0.05) is 0 Å². The Bertz CT molecular complexity index is 661. The summed E-state index contributed by atoms with van der Waals surface area (Å²) >= 11 is 2.89. The van der Waals surface area contributed by atoms with Crippen LogP contribution in [0.4, 0.5) is 5.13 Å². The van der Waals surface area contributed by atoms with Gasteiger partial charge in [-0.15, -0.1) is 11.3 Å². The average Bonchev–Trinajstić information content (AvgIpc) is 3.02. The van der Waals surface area contributed by atoms with E-state index >= 15 is 0 Å². The molecule has 0 aliphatic carbocycles. The molecular formula is C15H19N3O3S2. The molecule has 1 aromatic carbocycles. The molecule has 0 unspecified atom stereocenters. The van der Waals surface area contributed by atoms with Crippen LogP contribution in [-0.2, 0) is 4.79 Å². The van der Waals surface area contributed by atoms with Crippen LogP contribution in [0.1, 0.15) is 0 Å². The van der Waals surface area contributed by atoms with E-state index in [0.717, 1.165) is 17.0 Å². The lowest BCUT2D eigenvalue weighted by atomic mass is 10.1. The number of nitrogens with one attached hydrogen (secondary N) is 1. The molecule has 0 aliphatic heterocycles. The maximum absolute atomic E-state index is 11.8. The maximum Gasteiger partial charge on any atom is 0.236 e. The van der Waals surface area contributed by atoms with Gasteiger partial charge in [0.15, 0.2) is 16.6 Å². The number of carbonyl (C=O) groups is 1. The van der Waals surface area contributed by atoms with Crippen LogP contribution in [0.5, 0.6) is 11.5 Å². The highest BCUT2D eigenvalue weighted by Gasteiger charge is 2.11. The first kappa shape index (κ1) is 17.6. The lowest BCUT2D eigenvalue weighted by Gasteiger charge is -2.08. The number of hydrogen-bond donors (Lipinski definition) is 2. The molecule has 8 heteroatoms. The summed E-state index contributed by atoms with van der Waals surface area (Å²) in [4.78, 5) is 16.2. The van der Waals surface area contributed by atoms with E-state index in [1.165, 1.54) is 23.1 Å². The van der Waals surface area contributed by atoms with Crippen molar-refractivity contribution in [2.24, 2.45) is 5.73 Å². The van der Waals surface area contributed by atoms with E-state index in [1.54, 1.807) is 14.2 Å². The Morgan fingerprint density at radius 1 is 1.35 bits per heavy atom. The number of thiazole rings is 1. The van der Waals surface area contributed by atoms with Gasteiger partial charge in [0, 0.05) is 23.2 Å². The predicted octanol–water partition coefficient (Wildman–Crippen LogP) is 2.46. The summed E-state index contributed by atoms with van der Waals surface area (Å²) in [7, 11) is 3.18. The molecule has 1 amide bonds. The number of hydrogen-bond acceptors (Lipinski definition) is 7. The van der Waals surface area contributed by atoms with E-state index < -0.39 is 0 Å². The summed E-state index contributed by atoms with van der Waals surface area (Å²) in [5.74, 6) is 2.38. The number of rotatable bonds is 8. The lowest BCUT2D eigenvalue weighted by Crippen LogP contribution is -2.15. The number of thioether (sulfide) groups is 1. The first-order valence-corrected chi connectivity index (χ1v) is 8.97. The van der Waals surface area contributed by atoms with Crippen molar-refractivity contribution in [1.82, 2.24) is 4.98 Å². The molecule has 3 N–H and O–H groups in total. The Morgan fingerprint density at radius 3 is 2.83 bits per heavy atom. The second-order valence-electron chi connectivity index (χ2n) is 4.50. The minimum absolute atomic E-state index is 0.0725. The van der Waals surface area contributed by atoms with Crippen LogP contribution in [0, 0.1) is 0 Å². The Hall–Kier alpha value is -1.77. The molecule has 124 valence electrons. The molecule has 0 saturated carbocycles. The van der Waals surface area contributed by atoms with E-state index in [-0.39, 0.29) is 5.91 Å². The highest BCUT2D eigenvalue weighted by molar-refractivity contribution is 7.99. The topological polar surface area (TPSA) is 86.5 Å². The third-order valence-electron chi connectivity index (χ3n) is 2.93. The molecule has 0 saturated heterocycles. The van der Waals surface area contributed by atoms with Crippen molar-refractivity contribution in [2.75, 3.05) is 37.6 Å². The average molecular weight is 353 g/mol. The summed E-state index contributed by atoms with van der Waals surface area (Å²) in [5.41, 5.74) is 7.08. The van der Waals surface area contributed by atoms with E-state index in [4.69, 9.17) is 15.2 Å². The zero-order valence-corrected chi connectivity index (χ0v) is 14.6. The van der Waals surface area contributed by atoms with Crippen LogP contribution in [0.25, 0.3) is 11.3 Å². The van der Waals surface area contributed by atoms with Gasteiger partial charge in [0.2, 0.25) is 5.91 Å². The molecule has 0 radical (unpaired) electrons. The molecule has 23 heavy (non-hydrogen) atoms. The number of anilines is 1. The minimum Gasteiger partial charge on any atom is -0.493 e. The summed E-state index contributed by atoms with van der Waals surface area (Å²) in [6, 6.07) is 5.59. The molecule has 0 bridgehead atoms. The minimum atomic E-state index is -0.0725. The third-order valence-corrected chi connectivity index (χ3v) is 4.67. The number of methoxy groups -OCH3 is 2. The molecule has 1 heterocycles. The van der Waals surface area contributed by atoms with Gasteiger partial charge >= 0.3 is 0 Å². The summed E-state index contributed by atoms with van der Waals surface area (Å²) < 4.78 is 10.5. The monoisotopic (exact) mass is 353 g/mol. The van der Waals surface area contributed by atoms with Crippen LogP contribution in [-0.4, -0.2) is 43.2 Å². The second kappa shape index (κ2) is 8.76. The standard InChI is InChI=1S/C15H19N3O3S2/c1-20-12-4-3-10(7-13(12)21-2)11-8-23-15(17-11)18-14(19)9-22-6-5-16/h3-4,7-8H,5-6,9,16H2,1-2H3,(H,17,18,19). The van der Waals surface area contributed by atoms with Crippen molar-refractivity contribution in [3.63, 3.8) is 0 Å². The molecule has 0 atom stereocenters. The maximum atomic E-state index is 11.8. The number of carbonyl (C=O) groups excluding carboxylic acids is 1. The van der Waals surface area contributed by atoms with Gasteiger partial charge < -0.3 is 20.5 Å². The van der Waals surface area contributed by atoms with Gasteiger partial charge in [0.05, 0.1) is 25.7 Å². The Balaban J connectivity index is 2.05. The normalized spacial score (nSPS) is 10.4. The molecule has 0 fully saturated rings. The highest BCUT2D eigenvalue weighted by atomic mass is 32.2. The second-order valence-corrected chi connectivity index (χ2v) is 6.46. The van der Waals surface area contributed by atoms with Crippen molar-refractivity contribution in [3.8, 4) is 22.8 Å². The fourth-order valence-electron chi connectivity index (χ4n) is 1.86. The van der Waals surface area contributed by atoms with Gasteiger partial charge in [-0.2, -0.15) is 11.8 Å². The van der Waals surface area contributed by atoms with Gasteiger partial charge in [-0.05, 0) is 18.2 Å². The zero-order chi connectivity index (χ0) is 16.7. The van der Waals surface area contributed by atoms with Gasteiger partial charge in [0.25, 0.3) is 0 Å². The largest absolute Gasteiger partial charge is 0.493 e. The molecule has 6 nitrogen and oxygen atoms in total. The van der Waals surface area contributed by atoms with Crippen LogP contribution in [0.2, 0.25) is 0 Å². The van der Waals surface area contributed by atoms with Gasteiger partial charge in [-0.25, -0.2) is 4.98 Å². The molecule has 2 rings (SSSR count). The van der Waals surface area contributed by atoms with Crippen LogP contribution in [0.3, 0.4) is 0 Å². The molecular weight excluding hydrogens is 334 g/mol. The summed E-state index contributed by atoms with van der Waals surface area (Å²) in [6.45, 7) is 0.568. The zero-order valence-electron chi connectivity index (χ0n) is 13.0. The molecule has 2 aromatic rings. The number of aromatic nitrogens is 1. The van der Waals surface area contributed by atoms with Crippen molar-refractivity contribution < 1.29 is 14.3 Å². The number of nitrogens with two attached hydrogens (primary N) is 1. The quantitative estimate of drug-likeness (QED) is 0.709. The highest BCUT2D eigenvalue weighted by Crippen LogP contribution is 2.33. The van der Waals surface area contributed by atoms with Crippen LogP contribution < -0.4 is 20.5 Å². The Labute approximate surface area is 143 Å². The van der Waals surface area contributed by atoms with E-state index in [1.807, 2.05) is 23.6 Å². The molecule has 1 aromatic heterocycles. The van der Waals surface area contributed by atoms with E-state index in [2.05, 4.69) is 10.3 Å². The number of benzene rings is 1. The van der Waals surface area contributed by atoms with E-state index in [0.29, 0.717) is 28.9 Å². The first-order chi connectivity index (χ1) is 11.2. The first-order valence-electron chi connectivity index (χ1n) is 6.93. The molecule has 0 spiro atoms. The van der Waals surface area contributed by atoms with Crippen molar-refractivity contribution in [3.05, 3.63) is 23.6 Å². The predicted molar refractivity (Wildman–Crippen MR) is 95.7 cm³/mol.